The summed E-state index contributed by atoms with van der Waals surface area (Å²) in [7, 11) is 0. The van der Waals surface area contributed by atoms with E-state index in [2.05, 4.69) is 31.4 Å². The van der Waals surface area contributed by atoms with Crippen LogP contribution in [0, 0.1) is 0 Å². The van der Waals surface area contributed by atoms with Crippen LogP contribution >= 0.6 is 0 Å². The number of ether oxygens (including phenoxy) is 1. The highest BCUT2D eigenvalue weighted by Gasteiger charge is 2.05. The van der Waals surface area contributed by atoms with Crippen LogP contribution in [0.25, 0.3) is 0 Å². The van der Waals surface area contributed by atoms with Gasteiger partial charge >= 0.3 is 0 Å². The Bertz CT molecular complexity index is 366. The van der Waals surface area contributed by atoms with Crippen molar-refractivity contribution in [3.05, 3.63) is 30.3 Å². The maximum Gasteiger partial charge on any atom is 0.250 e. The Balaban J connectivity index is 2.11. The van der Waals surface area contributed by atoms with Crippen molar-refractivity contribution in [1.82, 2.24) is 5.32 Å². The second-order valence-corrected chi connectivity index (χ2v) is 4.98. The standard InChI is InChI=1S/C15H24N2O2/c1-12(2)16-13(3)9-10-19-11-15(18)17-14-7-5-4-6-8-14/h4-8,12-13,16H,9-11H2,1-3H3,(H,17,18). The summed E-state index contributed by atoms with van der Waals surface area (Å²) < 4.78 is 5.37. The topological polar surface area (TPSA) is 50.4 Å². The van der Waals surface area contributed by atoms with Gasteiger partial charge in [0.2, 0.25) is 5.91 Å². The molecule has 1 aromatic rings. The third kappa shape index (κ3) is 7.59. The molecule has 0 radical (unpaired) electrons. The third-order valence-corrected chi connectivity index (χ3v) is 2.60. The third-order valence-electron chi connectivity index (χ3n) is 2.60. The maximum absolute atomic E-state index is 11.6. The normalized spacial score (nSPS) is 12.4. The van der Waals surface area contributed by atoms with E-state index in [1.807, 2.05) is 30.3 Å². The molecular formula is C15H24N2O2. The van der Waals surface area contributed by atoms with Crippen LogP contribution in [0.4, 0.5) is 5.69 Å². The zero-order valence-electron chi connectivity index (χ0n) is 12.0. The van der Waals surface area contributed by atoms with Crippen molar-refractivity contribution < 1.29 is 9.53 Å². The van der Waals surface area contributed by atoms with Crippen molar-refractivity contribution >= 4 is 11.6 Å². The van der Waals surface area contributed by atoms with Gasteiger partial charge in [-0.15, -0.1) is 0 Å². The number of para-hydroxylation sites is 1. The monoisotopic (exact) mass is 264 g/mol. The van der Waals surface area contributed by atoms with Crippen LogP contribution in [0.1, 0.15) is 27.2 Å². The van der Waals surface area contributed by atoms with E-state index in [0.717, 1.165) is 12.1 Å². The lowest BCUT2D eigenvalue weighted by Crippen LogP contribution is -2.33. The molecule has 2 N–H and O–H groups in total. The summed E-state index contributed by atoms with van der Waals surface area (Å²) in [5, 5.41) is 6.17. The fourth-order valence-corrected chi connectivity index (χ4v) is 1.80. The lowest BCUT2D eigenvalue weighted by atomic mass is 10.2. The number of carbonyl (C=O) groups excluding carboxylic acids is 1. The Morgan fingerprint density at radius 3 is 2.53 bits per heavy atom. The molecule has 0 heterocycles. The van der Waals surface area contributed by atoms with Gasteiger partial charge < -0.3 is 15.4 Å². The SMILES string of the molecule is CC(C)NC(C)CCOCC(=O)Nc1ccccc1. The summed E-state index contributed by atoms with van der Waals surface area (Å²) in [6.07, 6.45) is 0.900. The van der Waals surface area contributed by atoms with E-state index >= 15 is 0 Å². The highest BCUT2D eigenvalue weighted by molar-refractivity contribution is 5.91. The number of amides is 1. The Kier molecular flexibility index (Phi) is 7.15. The average molecular weight is 264 g/mol. The Hall–Kier alpha value is -1.39. The van der Waals surface area contributed by atoms with Crippen LogP contribution in [0.3, 0.4) is 0 Å². The highest BCUT2D eigenvalue weighted by atomic mass is 16.5. The number of rotatable bonds is 8. The van der Waals surface area contributed by atoms with Crippen molar-refractivity contribution in [3.63, 3.8) is 0 Å². The van der Waals surface area contributed by atoms with Crippen LogP contribution in [0.2, 0.25) is 0 Å². The Morgan fingerprint density at radius 1 is 1.21 bits per heavy atom. The molecule has 0 fully saturated rings. The van der Waals surface area contributed by atoms with E-state index in [0.29, 0.717) is 18.7 Å². The fourth-order valence-electron chi connectivity index (χ4n) is 1.80. The van der Waals surface area contributed by atoms with Crippen LogP contribution in [-0.4, -0.2) is 31.2 Å². The molecule has 4 nitrogen and oxygen atoms in total. The minimum atomic E-state index is -0.115. The van der Waals surface area contributed by atoms with Gasteiger partial charge in [0.15, 0.2) is 0 Å². The van der Waals surface area contributed by atoms with Crippen LogP contribution in [0.5, 0.6) is 0 Å². The van der Waals surface area contributed by atoms with Gasteiger partial charge in [-0.2, -0.15) is 0 Å². The van der Waals surface area contributed by atoms with Crippen LogP contribution in [0.15, 0.2) is 30.3 Å². The van der Waals surface area contributed by atoms with Crippen LogP contribution in [-0.2, 0) is 9.53 Å². The maximum atomic E-state index is 11.6. The molecule has 1 atom stereocenters. The zero-order valence-corrected chi connectivity index (χ0v) is 12.0. The molecule has 106 valence electrons. The van der Waals surface area contributed by atoms with E-state index in [1.165, 1.54) is 0 Å². The van der Waals surface area contributed by atoms with Crippen molar-refractivity contribution in [1.29, 1.82) is 0 Å². The first-order chi connectivity index (χ1) is 9.08. The predicted octanol–water partition coefficient (Wildman–Crippen LogP) is 2.42. The first-order valence-electron chi connectivity index (χ1n) is 6.76. The van der Waals surface area contributed by atoms with Gasteiger partial charge in [-0.05, 0) is 25.5 Å². The lowest BCUT2D eigenvalue weighted by Gasteiger charge is -2.16. The number of benzene rings is 1. The molecule has 0 spiro atoms. The van der Waals surface area contributed by atoms with E-state index in [9.17, 15) is 4.79 Å². The predicted molar refractivity (Wildman–Crippen MR) is 78.2 cm³/mol. The zero-order chi connectivity index (χ0) is 14.1. The van der Waals surface area contributed by atoms with E-state index in [1.54, 1.807) is 0 Å². The summed E-state index contributed by atoms with van der Waals surface area (Å²) in [6, 6.07) is 10.3. The molecule has 1 aromatic carbocycles. The van der Waals surface area contributed by atoms with Gasteiger partial charge in [0, 0.05) is 24.4 Å². The van der Waals surface area contributed by atoms with Gasteiger partial charge in [0.05, 0.1) is 0 Å². The molecule has 0 saturated heterocycles. The van der Waals surface area contributed by atoms with Crippen molar-refractivity contribution in [2.45, 2.75) is 39.3 Å². The van der Waals surface area contributed by atoms with Crippen LogP contribution < -0.4 is 10.6 Å². The lowest BCUT2D eigenvalue weighted by molar-refractivity contribution is -0.120. The molecular weight excluding hydrogens is 240 g/mol. The second-order valence-electron chi connectivity index (χ2n) is 4.98. The van der Waals surface area contributed by atoms with Gasteiger partial charge in [0.1, 0.15) is 6.61 Å². The van der Waals surface area contributed by atoms with Gasteiger partial charge in [0.25, 0.3) is 0 Å². The molecule has 19 heavy (non-hydrogen) atoms. The van der Waals surface area contributed by atoms with Crippen molar-refractivity contribution in [3.8, 4) is 0 Å². The number of hydrogen-bond acceptors (Lipinski definition) is 3. The molecule has 0 saturated carbocycles. The van der Waals surface area contributed by atoms with Gasteiger partial charge in [-0.3, -0.25) is 4.79 Å². The molecule has 1 unspecified atom stereocenters. The molecule has 1 amide bonds. The number of hydrogen-bond donors (Lipinski definition) is 2. The van der Waals surface area contributed by atoms with Gasteiger partial charge in [-0.25, -0.2) is 0 Å². The highest BCUT2D eigenvalue weighted by Crippen LogP contribution is 2.04. The molecule has 4 heteroatoms. The molecule has 0 aromatic heterocycles. The fraction of sp³-hybridized carbons (Fsp3) is 0.533. The molecule has 1 rings (SSSR count). The minimum Gasteiger partial charge on any atom is -0.372 e. The van der Waals surface area contributed by atoms with E-state index in [4.69, 9.17) is 4.74 Å². The first kappa shape index (κ1) is 15.7. The average Bonchev–Trinajstić information content (AvgIpc) is 2.35. The first-order valence-corrected chi connectivity index (χ1v) is 6.76. The summed E-state index contributed by atoms with van der Waals surface area (Å²) in [5.41, 5.74) is 0.797. The Labute approximate surface area is 115 Å². The number of anilines is 1. The number of nitrogens with one attached hydrogen (secondary N) is 2. The van der Waals surface area contributed by atoms with E-state index < -0.39 is 0 Å². The second kappa shape index (κ2) is 8.67. The van der Waals surface area contributed by atoms with Gasteiger partial charge in [-0.1, -0.05) is 32.0 Å². The summed E-state index contributed by atoms with van der Waals surface area (Å²) in [4.78, 5) is 11.6. The molecule has 0 aliphatic rings. The van der Waals surface area contributed by atoms with E-state index in [-0.39, 0.29) is 12.5 Å². The van der Waals surface area contributed by atoms with Crippen molar-refractivity contribution in [2.75, 3.05) is 18.5 Å². The quantitative estimate of drug-likeness (QED) is 0.709. The Morgan fingerprint density at radius 2 is 1.89 bits per heavy atom. The largest absolute Gasteiger partial charge is 0.372 e. The number of carbonyl (C=O) groups is 1. The summed E-state index contributed by atoms with van der Waals surface area (Å²) in [5.74, 6) is -0.115. The molecule has 0 bridgehead atoms. The molecule has 0 aliphatic heterocycles. The smallest absolute Gasteiger partial charge is 0.250 e. The van der Waals surface area contributed by atoms with Crippen molar-refractivity contribution in [2.24, 2.45) is 0 Å². The minimum absolute atomic E-state index is 0.100. The summed E-state index contributed by atoms with van der Waals surface area (Å²) >= 11 is 0. The molecule has 0 aliphatic carbocycles. The summed E-state index contributed by atoms with van der Waals surface area (Å²) in [6.45, 7) is 7.04.